The largest absolute Gasteiger partial charge is 0.369 e. The van der Waals surface area contributed by atoms with Crippen molar-refractivity contribution in [1.29, 1.82) is 0 Å². The summed E-state index contributed by atoms with van der Waals surface area (Å²) in [7, 11) is 2.17. The summed E-state index contributed by atoms with van der Waals surface area (Å²) in [5.41, 5.74) is 2.93. The Morgan fingerprint density at radius 2 is 1.66 bits per heavy atom. The molecule has 5 rings (SSSR count). The Labute approximate surface area is 189 Å². The third-order valence-corrected chi connectivity index (χ3v) is 7.01. The Balaban J connectivity index is 1.38. The van der Waals surface area contributed by atoms with Crippen molar-refractivity contribution in [1.82, 2.24) is 19.4 Å². The van der Waals surface area contributed by atoms with Gasteiger partial charge in [0.2, 0.25) is 5.95 Å². The van der Waals surface area contributed by atoms with Gasteiger partial charge in [-0.2, -0.15) is 4.98 Å². The lowest BCUT2D eigenvalue weighted by molar-refractivity contribution is 0.289. The molecule has 3 aromatic rings. The minimum Gasteiger partial charge on any atom is -0.369 e. The highest BCUT2D eigenvalue weighted by Crippen LogP contribution is 2.32. The molecule has 1 saturated heterocycles. The van der Waals surface area contributed by atoms with E-state index in [2.05, 4.69) is 58.3 Å². The van der Waals surface area contributed by atoms with Gasteiger partial charge in [-0.3, -0.25) is 9.36 Å². The SMILES string of the molecule is CC1CCC(n2c(=O)ccc3cnc(Nc4ccc(N5CCN(C)CC5)cc4)nc32)CC1. The number of anilines is 3. The molecule has 2 aromatic heterocycles. The van der Waals surface area contributed by atoms with Gasteiger partial charge in [-0.25, -0.2) is 4.98 Å². The van der Waals surface area contributed by atoms with Crippen molar-refractivity contribution in [3.63, 3.8) is 0 Å². The van der Waals surface area contributed by atoms with Crippen molar-refractivity contribution >= 4 is 28.4 Å². The van der Waals surface area contributed by atoms with Gasteiger partial charge in [0.15, 0.2) is 0 Å². The number of rotatable bonds is 4. The first kappa shape index (κ1) is 20.9. The molecule has 2 aliphatic rings. The number of nitrogens with one attached hydrogen (secondary N) is 1. The Kier molecular flexibility index (Phi) is 5.83. The molecule has 168 valence electrons. The van der Waals surface area contributed by atoms with E-state index < -0.39 is 0 Å². The maximum atomic E-state index is 12.8. The van der Waals surface area contributed by atoms with Crippen LogP contribution in [0.3, 0.4) is 0 Å². The topological polar surface area (TPSA) is 66.3 Å². The fourth-order valence-corrected chi connectivity index (χ4v) is 4.90. The fraction of sp³-hybridized carbons (Fsp3) is 0.480. The number of aromatic nitrogens is 3. The minimum absolute atomic E-state index is 0.0261. The van der Waals surface area contributed by atoms with Gasteiger partial charge in [0.1, 0.15) is 5.65 Å². The van der Waals surface area contributed by atoms with Gasteiger partial charge in [-0.05, 0) is 69.0 Å². The molecule has 0 radical (unpaired) electrons. The molecular weight excluding hydrogens is 400 g/mol. The lowest BCUT2D eigenvalue weighted by atomic mass is 9.87. The quantitative estimate of drug-likeness (QED) is 0.671. The number of pyridine rings is 1. The average molecular weight is 433 g/mol. The van der Waals surface area contributed by atoms with Gasteiger partial charge >= 0.3 is 0 Å². The number of hydrogen-bond acceptors (Lipinski definition) is 6. The lowest BCUT2D eigenvalue weighted by Gasteiger charge is -2.34. The third kappa shape index (κ3) is 4.35. The number of hydrogen-bond donors (Lipinski definition) is 1. The van der Waals surface area contributed by atoms with Crippen LogP contribution in [-0.2, 0) is 0 Å². The van der Waals surface area contributed by atoms with Crippen LogP contribution < -0.4 is 15.8 Å². The highest BCUT2D eigenvalue weighted by atomic mass is 16.1. The van der Waals surface area contributed by atoms with Gasteiger partial charge in [0, 0.05) is 61.2 Å². The van der Waals surface area contributed by atoms with Crippen molar-refractivity contribution in [3.05, 3.63) is 52.9 Å². The van der Waals surface area contributed by atoms with Crippen LogP contribution >= 0.6 is 0 Å². The molecule has 0 atom stereocenters. The van der Waals surface area contributed by atoms with Crippen LogP contribution in [-0.4, -0.2) is 52.7 Å². The van der Waals surface area contributed by atoms with E-state index in [1.807, 2.05) is 16.8 Å². The van der Waals surface area contributed by atoms with Crippen LogP contribution in [0, 0.1) is 5.92 Å². The second kappa shape index (κ2) is 8.90. The molecular formula is C25H32N6O. The molecule has 0 spiro atoms. The van der Waals surface area contributed by atoms with E-state index >= 15 is 0 Å². The second-order valence-corrected chi connectivity index (χ2v) is 9.39. The van der Waals surface area contributed by atoms with E-state index in [9.17, 15) is 4.79 Å². The van der Waals surface area contributed by atoms with E-state index in [1.165, 1.54) is 5.69 Å². The summed E-state index contributed by atoms with van der Waals surface area (Å²) in [6.45, 7) is 6.57. The Bertz CT molecular complexity index is 1130. The van der Waals surface area contributed by atoms with Crippen LogP contribution in [0.15, 0.2) is 47.4 Å². The standard InChI is InChI=1S/C25H32N6O/c1-18-3-8-22(9-4-18)31-23(32)12-5-19-17-26-25(28-24(19)31)27-20-6-10-21(11-7-20)30-15-13-29(2)14-16-30/h5-7,10-12,17-18,22H,3-4,8-9,13-16H2,1-2H3,(H,26,27,28). The van der Waals surface area contributed by atoms with Crippen molar-refractivity contribution < 1.29 is 0 Å². The van der Waals surface area contributed by atoms with Gasteiger partial charge in [0.25, 0.3) is 5.56 Å². The summed E-state index contributed by atoms with van der Waals surface area (Å²) in [6, 6.07) is 12.1. The van der Waals surface area contributed by atoms with Crippen molar-refractivity contribution in [2.75, 3.05) is 43.4 Å². The molecule has 1 aliphatic carbocycles. The minimum atomic E-state index is 0.0261. The maximum absolute atomic E-state index is 12.8. The Morgan fingerprint density at radius 1 is 0.938 bits per heavy atom. The van der Waals surface area contributed by atoms with Gasteiger partial charge in [-0.15, -0.1) is 0 Å². The van der Waals surface area contributed by atoms with Crippen molar-refractivity contribution in [2.45, 2.75) is 38.6 Å². The first-order valence-corrected chi connectivity index (χ1v) is 11.8. The normalized spacial score (nSPS) is 22.2. The van der Waals surface area contributed by atoms with E-state index in [0.717, 1.165) is 74.5 Å². The smallest absolute Gasteiger partial charge is 0.252 e. The molecule has 1 N–H and O–H groups in total. The van der Waals surface area contributed by atoms with Gasteiger partial charge in [0.05, 0.1) is 0 Å². The molecule has 0 bridgehead atoms. The molecule has 1 aromatic carbocycles. The van der Waals surface area contributed by atoms with E-state index in [4.69, 9.17) is 4.98 Å². The van der Waals surface area contributed by atoms with E-state index in [1.54, 1.807) is 6.07 Å². The molecule has 32 heavy (non-hydrogen) atoms. The molecule has 1 saturated carbocycles. The van der Waals surface area contributed by atoms with E-state index in [-0.39, 0.29) is 11.6 Å². The monoisotopic (exact) mass is 432 g/mol. The summed E-state index contributed by atoms with van der Waals surface area (Å²) in [6.07, 6.45) is 6.18. The number of likely N-dealkylation sites (N-methyl/N-ethyl adjacent to an activating group) is 1. The molecule has 3 heterocycles. The summed E-state index contributed by atoms with van der Waals surface area (Å²) in [5.74, 6) is 1.26. The first-order chi connectivity index (χ1) is 15.6. The average Bonchev–Trinajstić information content (AvgIpc) is 2.81. The summed E-state index contributed by atoms with van der Waals surface area (Å²) in [5, 5.41) is 4.23. The molecule has 7 nitrogen and oxygen atoms in total. The molecule has 0 amide bonds. The van der Waals surface area contributed by atoms with Crippen LogP contribution in [0.2, 0.25) is 0 Å². The van der Waals surface area contributed by atoms with Gasteiger partial charge < -0.3 is 15.1 Å². The van der Waals surface area contributed by atoms with Crippen LogP contribution in [0.4, 0.5) is 17.3 Å². The van der Waals surface area contributed by atoms with Crippen molar-refractivity contribution in [2.24, 2.45) is 5.92 Å². The number of nitrogens with zero attached hydrogens (tertiary/aromatic N) is 5. The maximum Gasteiger partial charge on any atom is 0.252 e. The summed E-state index contributed by atoms with van der Waals surface area (Å²) >= 11 is 0. The predicted octanol–water partition coefficient (Wildman–Crippen LogP) is 4.04. The Morgan fingerprint density at radius 3 is 2.38 bits per heavy atom. The summed E-state index contributed by atoms with van der Waals surface area (Å²) in [4.78, 5) is 26.8. The Hall–Kier alpha value is -2.93. The zero-order chi connectivity index (χ0) is 22.1. The number of piperazine rings is 1. The van der Waals surface area contributed by atoms with Gasteiger partial charge in [-0.1, -0.05) is 6.92 Å². The predicted molar refractivity (Wildman–Crippen MR) is 130 cm³/mol. The molecule has 7 heteroatoms. The fourth-order valence-electron chi connectivity index (χ4n) is 4.90. The van der Waals surface area contributed by atoms with Crippen LogP contribution in [0.5, 0.6) is 0 Å². The third-order valence-electron chi connectivity index (χ3n) is 7.01. The zero-order valence-corrected chi connectivity index (χ0v) is 19.0. The highest BCUT2D eigenvalue weighted by Gasteiger charge is 2.22. The molecule has 0 unspecified atom stereocenters. The summed E-state index contributed by atoms with van der Waals surface area (Å²) < 4.78 is 1.89. The van der Waals surface area contributed by atoms with Crippen LogP contribution in [0.1, 0.15) is 38.6 Å². The number of fused-ring (bicyclic) bond motifs is 1. The van der Waals surface area contributed by atoms with Crippen molar-refractivity contribution in [3.8, 4) is 0 Å². The van der Waals surface area contributed by atoms with E-state index in [0.29, 0.717) is 5.95 Å². The molecule has 1 aliphatic heterocycles. The highest BCUT2D eigenvalue weighted by molar-refractivity contribution is 5.76. The lowest BCUT2D eigenvalue weighted by Crippen LogP contribution is -2.44. The molecule has 2 fully saturated rings. The zero-order valence-electron chi connectivity index (χ0n) is 19.0. The van der Waals surface area contributed by atoms with Crippen LogP contribution in [0.25, 0.3) is 11.0 Å². The second-order valence-electron chi connectivity index (χ2n) is 9.39. The number of benzene rings is 1. The first-order valence-electron chi connectivity index (χ1n) is 11.8.